The highest BCUT2D eigenvalue weighted by atomic mass is 32.2. The Morgan fingerprint density at radius 1 is 0.840 bits per heavy atom. The molecule has 1 aliphatic heterocycles. The van der Waals surface area contributed by atoms with Crippen molar-refractivity contribution in [3.8, 4) is 0 Å². The largest absolute Gasteiger partial charge is 0.249 e. The molecule has 0 bridgehead atoms. The lowest BCUT2D eigenvalue weighted by atomic mass is 10.3. The van der Waals surface area contributed by atoms with Gasteiger partial charge in [0.05, 0.1) is 10.1 Å². The number of hydrogen-bond donors (Lipinski definition) is 0. The lowest BCUT2D eigenvalue weighted by Gasteiger charge is -2.37. The van der Waals surface area contributed by atoms with Crippen LogP contribution in [0.25, 0.3) is 0 Å². The molecule has 0 spiro atoms. The van der Waals surface area contributed by atoms with Crippen LogP contribution >= 0.6 is 0 Å². The minimum absolute atomic E-state index is 0.145. The SMILES string of the molecule is O=S(=O)(c1ccc(F)cc1)C1CN(S(=O)(=O)c2c(F)cccc2F)C1. The van der Waals surface area contributed by atoms with Crippen molar-refractivity contribution in [1.82, 2.24) is 4.31 Å². The van der Waals surface area contributed by atoms with Gasteiger partial charge in [-0.2, -0.15) is 4.31 Å². The summed E-state index contributed by atoms with van der Waals surface area (Å²) in [6.45, 7) is -0.869. The van der Waals surface area contributed by atoms with Gasteiger partial charge in [0.15, 0.2) is 14.7 Å². The Labute approximate surface area is 142 Å². The molecule has 2 aromatic carbocycles. The highest BCUT2D eigenvalue weighted by molar-refractivity contribution is 7.92. The molecule has 25 heavy (non-hydrogen) atoms. The van der Waals surface area contributed by atoms with E-state index in [0.29, 0.717) is 4.31 Å². The Hall–Kier alpha value is -1.91. The molecule has 5 nitrogen and oxygen atoms in total. The summed E-state index contributed by atoms with van der Waals surface area (Å²) in [5.74, 6) is -3.10. The van der Waals surface area contributed by atoms with E-state index in [2.05, 4.69) is 0 Å². The van der Waals surface area contributed by atoms with Crippen LogP contribution < -0.4 is 0 Å². The van der Waals surface area contributed by atoms with E-state index in [0.717, 1.165) is 42.5 Å². The number of benzene rings is 2. The van der Waals surface area contributed by atoms with E-state index in [1.54, 1.807) is 0 Å². The minimum atomic E-state index is -4.49. The predicted octanol–water partition coefficient (Wildman–Crippen LogP) is 1.95. The molecule has 134 valence electrons. The number of hydrogen-bond acceptors (Lipinski definition) is 4. The molecule has 1 saturated heterocycles. The van der Waals surface area contributed by atoms with Gasteiger partial charge in [-0.15, -0.1) is 0 Å². The molecule has 2 aromatic rings. The van der Waals surface area contributed by atoms with Gasteiger partial charge in [0, 0.05) is 13.1 Å². The summed E-state index contributed by atoms with van der Waals surface area (Å²) >= 11 is 0. The molecular weight excluding hydrogens is 379 g/mol. The lowest BCUT2D eigenvalue weighted by molar-refractivity contribution is 0.306. The van der Waals surface area contributed by atoms with E-state index in [1.807, 2.05) is 0 Å². The van der Waals surface area contributed by atoms with Gasteiger partial charge in [-0.3, -0.25) is 0 Å². The van der Waals surface area contributed by atoms with Crippen molar-refractivity contribution < 1.29 is 30.0 Å². The van der Waals surface area contributed by atoms with Crippen LogP contribution in [0.1, 0.15) is 0 Å². The molecule has 0 radical (unpaired) electrons. The van der Waals surface area contributed by atoms with E-state index in [9.17, 15) is 30.0 Å². The summed E-state index contributed by atoms with van der Waals surface area (Å²) in [4.78, 5) is -1.25. The van der Waals surface area contributed by atoms with E-state index in [1.165, 1.54) is 0 Å². The summed E-state index contributed by atoms with van der Waals surface area (Å²) in [6.07, 6.45) is 0. The molecule has 10 heteroatoms. The molecule has 0 atom stereocenters. The number of halogens is 3. The van der Waals surface area contributed by atoms with Crippen molar-refractivity contribution in [2.24, 2.45) is 0 Å². The molecular formula is C15H12F3NO4S2. The zero-order chi connectivity index (χ0) is 18.4. The normalized spacial score (nSPS) is 16.6. The van der Waals surface area contributed by atoms with Gasteiger partial charge in [0.2, 0.25) is 10.0 Å². The van der Waals surface area contributed by atoms with Gasteiger partial charge in [-0.1, -0.05) is 6.07 Å². The summed E-state index contributed by atoms with van der Waals surface area (Å²) in [7, 11) is -8.36. The molecule has 3 rings (SSSR count). The first-order valence-electron chi connectivity index (χ1n) is 7.07. The monoisotopic (exact) mass is 391 g/mol. The van der Waals surface area contributed by atoms with E-state index in [-0.39, 0.29) is 4.90 Å². The first kappa shape index (κ1) is 17.9. The Balaban J connectivity index is 1.83. The molecule has 1 aliphatic rings. The Bertz CT molecular complexity index is 995. The number of sulfonamides is 1. The molecule has 0 unspecified atom stereocenters. The number of rotatable bonds is 4. The van der Waals surface area contributed by atoms with Crippen molar-refractivity contribution in [3.63, 3.8) is 0 Å². The molecule has 0 aromatic heterocycles. The van der Waals surface area contributed by atoms with Crippen LogP contribution in [0.2, 0.25) is 0 Å². The summed E-state index contributed by atoms with van der Waals surface area (Å²) in [5.41, 5.74) is 0. The zero-order valence-corrected chi connectivity index (χ0v) is 14.2. The van der Waals surface area contributed by atoms with Crippen molar-refractivity contribution in [2.75, 3.05) is 13.1 Å². The maximum Gasteiger partial charge on any atom is 0.249 e. The summed E-state index contributed by atoms with van der Waals surface area (Å²) < 4.78 is 90.4. The van der Waals surface area contributed by atoms with Crippen LogP contribution in [0.3, 0.4) is 0 Å². The lowest BCUT2D eigenvalue weighted by Crippen LogP contribution is -2.56. The van der Waals surface area contributed by atoms with Crippen LogP contribution in [0.5, 0.6) is 0 Å². The van der Waals surface area contributed by atoms with Gasteiger partial charge in [0.1, 0.15) is 17.5 Å². The van der Waals surface area contributed by atoms with E-state index >= 15 is 0 Å². The predicted molar refractivity (Wildman–Crippen MR) is 82.5 cm³/mol. The average Bonchev–Trinajstić information content (AvgIpc) is 2.44. The van der Waals surface area contributed by atoms with Gasteiger partial charge in [0.25, 0.3) is 0 Å². The number of nitrogens with zero attached hydrogens (tertiary/aromatic N) is 1. The third-order valence-electron chi connectivity index (χ3n) is 3.91. The smallest absolute Gasteiger partial charge is 0.223 e. The third kappa shape index (κ3) is 3.05. The van der Waals surface area contributed by atoms with Crippen LogP contribution in [-0.4, -0.2) is 39.5 Å². The quantitative estimate of drug-likeness (QED) is 0.747. The summed E-state index contributed by atoms with van der Waals surface area (Å²) in [6, 6.07) is 6.77. The van der Waals surface area contributed by atoms with Crippen molar-refractivity contribution >= 4 is 19.9 Å². The molecule has 1 fully saturated rings. The summed E-state index contributed by atoms with van der Waals surface area (Å²) in [5, 5.41) is -1.07. The Kier molecular flexibility index (Phi) is 4.38. The maximum absolute atomic E-state index is 13.7. The highest BCUT2D eigenvalue weighted by Crippen LogP contribution is 2.30. The first-order chi connectivity index (χ1) is 11.6. The van der Waals surface area contributed by atoms with Gasteiger partial charge in [-0.25, -0.2) is 30.0 Å². The van der Waals surface area contributed by atoms with Gasteiger partial charge in [-0.05, 0) is 36.4 Å². The Morgan fingerprint density at radius 3 is 1.88 bits per heavy atom. The van der Waals surface area contributed by atoms with Crippen LogP contribution in [0.4, 0.5) is 13.2 Å². The van der Waals surface area contributed by atoms with Crippen molar-refractivity contribution in [2.45, 2.75) is 15.0 Å². The second kappa shape index (κ2) is 6.11. The maximum atomic E-state index is 13.7. The second-order valence-corrected chi connectivity index (χ2v) is 9.60. The first-order valence-corrected chi connectivity index (χ1v) is 10.1. The van der Waals surface area contributed by atoms with Gasteiger partial charge < -0.3 is 0 Å². The third-order valence-corrected chi connectivity index (χ3v) is 7.90. The highest BCUT2D eigenvalue weighted by Gasteiger charge is 2.45. The molecule has 0 aliphatic carbocycles. The average molecular weight is 391 g/mol. The van der Waals surface area contributed by atoms with Crippen LogP contribution in [0, 0.1) is 17.5 Å². The molecule has 0 amide bonds. The topological polar surface area (TPSA) is 71.5 Å². The van der Waals surface area contributed by atoms with Gasteiger partial charge >= 0.3 is 0 Å². The fourth-order valence-corrected chi connectivity index (χ4v) is 5.95. The zero-order valence-electron chi connectivity index (χ0n) is 12.6. The van der Waals surface area contributed by atoms with E-state index < -0.39 is 60.5 Å². The van der Waals surface area contributed by atoms with E-state index in [4.69, 9.17) is 0 Å². The molecule has 0 saturated carbocycles. The standard InChI is InChI=1S/C15H12F3NO4S2/c16-10-4-6-11(7-5-10)24(20,21)12-8-19(9-12)25(22,23)15-13(17)2-1-3-14(15)18/h1-7,12H,8-9H2. The molecule has 0 N–H and O–H groups in total. The second-order valence-electron chi connectivity index (χ2n) is 5.49. The Morgan fingerprint density at radius 2 is 1.36 bits per heavy atom. The van der Waals surface area contributed by atoms with Crippen molar-refractivity contribution in [3.05, 3.63) is 59.9 Å². The fraction of sp³-hybridized carbons (Fsp3) is 0.200. The van der Waals surface area contributed by atoms with Crippen LogP contribution in [0.15, 0.2) is 52.3 Å². The van der Waals surface area contributed by atoms with Crippen molar-refractivity contribution in [1.29, 1.82) is 0 Å². The van der Waals surface area contributed by atoms with Crippen LogP contribution in [-0.2, 0) is 19.9 Å². The minimum Gasteiger partial charge on any atom is -0.223 e. The fourth-order valence-electron chi connectivity index (χ4n) is 2.47. The molecule has 1 heterocycles. The number of sulfone groups is 1.